The number of nitrogens with zero attached hydrogens (tertiary/aromatic N) is 4. The molecule has 1 aromatic heterocycles. The number of halogens is 1. The maximum absolute atomic E-state index is 13.1. The van der Waals surface area contributed by atoms with E-state index in [1.165, 1.54) is 10.6 Å². The Morgan fingerprint density at radius 2 is 1.86 bits per heavy atom. The first-order chi connectivity index (χ1) is 13.6. The van der Waals surface area contributed by atoms with Crippen molar-refractivity contribution in [3.8, 4) is 11.5 Å². The van der Waals surface area contributed by atoms with Crippen LogP contribution in [-0.2, 0) is 21.4 Å². The topological polar surface area (TPSA) is 96.6 Å². The molecule has 1 fully saturated rings. The lowest BCUT2D eigenvalue weighted by Gasteiger charge is -2.34. The standard InChI is InChI=1S/C19H25ClN4O4S/c1-13(2)24(19(25)15-8-10-23(11-9-15)29(3,26)27)12-17-21-22-18(28-17)14-4-6-16(20)7-5-14/h4-7,13,15H,8-12H2,1-3H3. The number of hydrogen-bond acceptors (Lipinski definition) is 6. The lowest BCUT2D eigenvalue weighted by molar-refractivity contribution is -0.139. The highest BCUT2D eigenvalue weighted by molar-refractivity contribution is 7.88. The van der Waals surface area contributed by atoms with Gasteiger partial charge in [-0.3, -0.25) is 4.79 Å². The van der Waals surface area contributed by atoms with Crippen molar-refractivity contribution in [1.82, 2.24) is 19.4 Å². The first-order valence-corrected chi connectivity index (χ1v) is 11.7. The molecule has 158 valence electrons. The molecule has 1 aromatic carbocycles. The molecule has 1 saturated heterocycles. The quantitative estimate of drug-likeness (QED) is 0.685. The fourth-order valence-electron chi connectivity index (χ4n) is 3.36. The monoisotopic (exact) mass is 440 g/mol. The smallest absolute Gasteiger partial charge is 0.247 e. The molecule has 0 spiro atoms. The molecule has 1 aliphatic heterocycles. The average Bonchev–Trinajstić information content (AvgIpc) is 3.14. The van der Waals surface area contributed by atoms with Gasteiger partial charge in [-0.25, -0.2) is 12.7 Å². The zero-order chi connectivity index (χ0) is 21.2. The Bertz CT molecular complexity index is 951. The fraction of sp³-hybridized carbons (Fsp3) is 0.526. The van der Waals surface area contributed by atoms with Crippen LogP contribution in [0, 0.1) is 5.92 Å². The fourth-order valence-corrected chi connectivity index (χ4v) is 4.36. The number of aromatic nitrogens is 2. The van der Waals surface area contributed by atoms with Gasteiger partial charge in [-0.15, -0.1) is 10.2 Å². The van der Waals surface area contributed by atoms with Crippen LogP contribution in [0.3, 0.4) is 0 Å². The molecule has 0 bridgehead atoms. The number of rotatable bonds is 6. The van der Waals surface area contributed by atoms with Crippen molar-refractivity contribution >= 4 is 27.5 Å². The van der Waals surface area contributed by atoms with Crippen molar-refractivity contribution in [2.45, 2.75) is 39.3 Å². The van der Waals surface area contributed by atoms with Gasteiger partial charge in [0, 0.05) is 35.6 Å². The summed E-state index contributed by atoms with van der Waals surface area (Å²) >= 11 is 5.90. The second-order valence-electron chi connectivity index (χ2n) is 7.50. The summed E-state index contributed by atoms with van der Waals surface area (Å²) in [5.74, 6) is 0.494. The Morgan fingerprint density at radius 3 is 2.41 bits per heavy atom. The second-order valence-corrected chi connectivity index (χ2v) is 9.92. The third-order valence-electron chi connectivity index (χ3n) is 5.04. The summed E-state index contributed by atoms with van der Waals surface area (Å²) < 4.78 is 30.5. The van der Waals surface area contributed by atoms with Gasteiger partial charge in [0.1, 0.15) is 0 Å². The lowest BCUT2D eigenvalue weighted by atomic mass is 9.96. The van der Waals surface area contributed by atoms with Crippen molar-refractivity contribution in [2.24, 2.45) is 5.92 Å². The lowest BCUT2D eigenvalue weighted by Crippen LogP contribution is -2.45. The number of hydrogen-bond donors (Lipinski definition) is 0. The molecule has 0 atom stereocenters. The summed E-state index contributed by atoms with van der Waals surface area (Å²) in [5, 5.41) is 8.76. The van der Waals surface area contributed by atoms with Gasteiger partial charge in [-0.2, -0.15) is 0 Å². The second kappa shape index (κ2) is 8.81. The molecule has 0 saturated carbocycles. The van der Waals surface area contributed by atoms with Crippen LogP contribution in [0.25, 0.3) is 11.5 Å². The van der Waals surface area contributed by atoms with E-state index in [0.29, 0.717) is 42.7 Å². The van der Waals surface area contributed by atoms with E-state index in [0.717, 1.165) is 5.56 Å². The van der Waals surface area contributed by atoms with Gasteiger partial charge < -0.3 is 9.32 Å². The maximum Gasteiger partial charge on any atom is 0.247 e. The molecule has 3 rings (SSSR count). The highest BCUT2D eigenvalue weighted by Crippen LogP contribution is 2.25. The van der Waals surface area contributed by atoms with Crippen molar-refractivity contribution in [3.63, 3.8) is 0 Å². The predicted molar refractivity (Wildman–Crippen MR) is 110 cm³/mol. The van der Waals surface area contributed by atoms with Crippen LogP contribution in [0.15, 0.2) is 28.7 Å². The van der Waals surface area contributed by atoms with E-state index < -0.39 is 10.0 Å². The van der Waals surface area contributed by atoms with Gasteiger partial charge in [0.15, 0.2) is 0 Å². The van der Waals surface area contributed by atoms with E-state index in [1.54, 1.807) is 29.2 Å². The number of benzene rings is 1. The van der Waals surface area contributed by atoms with Crippen LogP contribution in [0.2, 0.25) is 5.02 Å². The number of amides is 1. The largest absolute Gasteiger partial charge is 0.419 e. The average molecular weight is 441 g/mol. The molecule has 0 unspecified atom stereocenters. The van der Waals surface area contributed by atoms with Gasteiger partial charge in [-0.05, 0) is 51.0 Å². The molecule has 29 heavy (non-hydrogen) atoms. The minimum atomic E-state index is -3.22. The zero-order valence-electron chi connectivity index (χ0n) is 16.7. The number of piperidine rings is 1. The van der Waals surface area contributed by atoms with E-state index >= 15 is 0 Å². The molecule has 10 heteroatoms. The summed E-state index contributed by atoms with van der Waals surface area (Å²) in [5.41, 5.74) is 0.753. The minimum absolute atomic E-state index is 0.0145. The molecule has 0 N–H and O–H groups in total. The maximum atomic E-state index is 13.1. The normalized spacial score (nSPS) is 16.3. The molecule has 2 heterocycles. The molecular weight excluding hydrogens is 416 g/mol. The summed E-state index contributed by atoms with van der Waals surface area (Å²) in [6.45, 7) is 4.80. The molecule has 2 aromatic rings. The summed E-state index contributed by atoms with van der Waals surface area (Å²) in [4.78, 5) is 14.8. The zero-order valence-corrected chi connectivity index (χ0v) is 18.3. The predicted octanol–water partition coefficient (Wildman–Crippen LogP) is 2.80. The third-order valence-corrected chi connectivity index (χ3v) is 6.60. The SMILES string of the molecule is CC(C)N(Cc1nnc(-c2ccc(Cl)cc2)o1)C(=O)C1CCN(S(C)(=O)=O)CC1. The third kappa shape index (κ3) is 5.34. The van der Waals surface area contributed by atoms with Crippen molar-refractivity contribution < 1.29 is 17.6 Å². The number of sulfonamides is 1. The van der Waals surface area contributed by atoms with Crippen LogP contribution in [0.4, 0.5) is 0 Å². The van der Waals surface area contributed by atoms with Crippen LogP contribution in [-0.4, -0.2) is 59.1 Å². The molecule has 0 aliphatic carbocycles. The first kappa shape index (κ1) is 21.7. The van der Waals surface area contributed by atoms with Gasteiger partial charge in [-0.1, -0.05) is 11.6 Å². The molecule has 1 amide bonds. The van der Waals surface area contributed by atoms with Crippen LogP contribution >= 0.6 is 11.6 Å². The van der Waals surface area contributed by atoms with Crippen LogP contribution in [0.5, 0.6) is 0 Å². The summed E-state index contributed by atoms with van der Waals surface area (Å²) in [7, 11) is -3.22. The Hall–Kier alpha value is -1.97. The van der Waals surface area contributed by atoms with Crippen molar-refractivity contribution in [1.29, 1.82) is 0 Å². The Labute approximate surface area is 175 Å². The summed E-state index contributed by atoms with van der Waals surface area (Å²) in [6.07, 6.45) is 2.22. The molecule has 0 radical (unpaired) electrons. The highest BCUT2D eigenvalue weighted by atomic mass is 35.5. The Morgan fingerprint density at radius 1 is 1.24 bits per heavy atom. The summed E-state index contributed by atoms with van der Waals surface area (Å²) in [6, 6.07) is 7.02. The van der Waals surface area contributed by atoms with Crippen molar-refractivity contribution in [3.05, 3.63) is 35.2 Å². The van der Waals surface area contributed by atoms with Crippen molar-refractivity contribution in [2.75, 3.05) is 19.3 Å². The Kier molecular flexibility index (Phi) is 6.60. The number of carbonyl (C=O) groups excluding carboxylic acids is 1. The van der Waals surface area contributed by atoms with E-state index in [4.69, 9.17) is 16.0 Å². The number of carbonyl (C=O) groups is 1. The van der Waals surface area contributed by atoms with Gasteiger partial charge in [0.05, 0.1) is 12.8 Å². The first-order valence-electron chi connectivity index (χ1n) is 9.49. The van der Waals surface area contributed by atoms with E-state index in [9.17, 15) is 13.2 Å². The molecular formula is C19H25ClN4O4S. The van der Waals surface area contributed by atoms with E-state index in [-0.39, 0.29) is 24.4 Å². The van der Waals surface area contributed by atoms with E-state index in [2.05, 4.69) is 10.2 Å². The Balaban J connectivity index is 1.68. The minimum Gasteiger partial charge on any atom is -0.419 e. The van der Waals surface area contributed by atoms with Crippen LogP contribution in [0.1, 0.15) is 32.6 Å². The van der Waals surface area contributed by atoms with Gasteiger partial charge in [0.2, 0.25) is 27.7 Å². The molecule has 8 nitrogen and oxygen atoms in total. The van der Waals surface area contributed by atoms with Crippen LogP contribution < -0.4 is 0 Å². The molecule has 1 aliphatic rings. The van der Waals surface area contributed by atoms with Gasteiger partial charge >= 0.3 is 0 Å². The van der Waals surface area contributed by atoms with Gasteiger partial charge in [0.25, 0.3) is 0 Å². The highest BCUT2D eigenvalue weighted by Gasteiger charge is 2.33. The van der Waals surface area contributed by atoms with E-state index in [1.807, 2.05) is 13.8 Å².